The molecule has 0 aliphatic carbocycles. The summed E-state index contributed by atoms with van der Waals surface area (Å²) in [4.78, 5) is 4.34. The summed E-state index contributed by atoms with van der Waals surface area (Å²) in [6, 6.07) is 20.0. The third-order valence-electron chi connectivity index (χ3n) is 2.67. The van der Waals surface area contributed by atoms with Gasteiger partial charge in [0.15, 0.2) is 0 Å². The molecule has 0 aliphatic rings. The number of hydrogen-bond acceptors (Lipinski definition) is 2. The third kappa shape index (κ3) is 4.94. The van der Waals surface area contributed by atoms with E-state index in [1.54, 1.807) is 6.21 Å². The molecule has 2 heteroatoms. The van der Waals surface area contributed by atoms with Crippen molar-refractivity contribution in [3.05, 3.63) is 84.6 Å². The van der Waals surface area contributed by atoms with Crippen LogP contribution in [-0.4, -0.2) is 6.21 Å². The number of nitrogens with one attached hydrogen (secondary N) is 1. The van der Waals surface area contributed by atoms with Crippen molar-refractivity contribution in [1.82, 2.24) is 0 Å². The van der Waals surface area contributed by atoms with Crippen LogP contribution in [0.4, 0.5) is 11.4 Å². The maximum Gasteiger partial charge on any atom is 0.0629 e. The second-order valence-corrected chi connectivity index (χ2v) is 4.37. The number of aliphatic imine (C=N–C) groups is 1. The van der Waals surface area contributed by atoms with Gasteiger partial charge in [0.1, 0.15) is 0 Å². The zero-order chi connectivity index (χ0) is 14.0. The second kappa shape index (κ2) is 7.74. The molecular weight excluding hydrogens is 244 g/mol. The first-order valence-electron chi connectivity index (χ1n) is 6.59. The van der Waals surface area contributed by atoms with Gasteiger partial charge in [-0.3, -0.25) is 4.99 Å². The summed E-state index contributed by atoms with van der Waals surface area (Å²) in [6.07, 6.45) is 7.73. The predicted octanol–water partition coefficient (Wildman–Crippen LogP) is 4.96. The molecule has 0 amide bonds. The highest BCUT2D eigenvalue weighted by atomic mass is 14.8. The molecular formula is C18H18N2. The minimum absolute atomic E-state index is 0.959. The van der Waals surface area contributed by atoms with Crippen LogP contribution in [0.15, 0.2) is 89.6 Å². The molecule has 0 atom stereocenters. The molecule has 0 bridgehead atoms. The summed E-state index contributed by atoms with van der Waals surface area (Å²) in [5.41, 5.74) is 3.17. The SMILES string of the molecule is C/C(C=CC=Nc1ccccc1)=C\Nc1ccccc1. The molecule has 0 saturated heterocycles. The van der Waals surface area contributed by atoms with Crippen LogP contribution in [0.2, 0.25) is 0 Å². The van der Waals surface area contributed by atoms with Crippen molar-refractivity contribution in [3.63, 3.8) is 0 Å². The Bertz CT molecular complexity index is 596. The fourth-order valence-corrected chi connectivity index (χ4v) is 1.62. The zero-order valence-corrected chi connectivity index (χ0v) is 11.5. The molecule has 0 spiro atoms. The van der Waals surface area contributed by atoms with Crippen LogP contribution in [0.5, 0.6) is 0 Å². The number of para-hydroxylation sites is 2. The molecule has 0 saturated carbocycles. The first-order chi connectivity index (χ1) is 9.84. The van der Waals surface area contributed by atoms with Crippen molar-refractivity contribution in [2.45, 2.75) is 6.92 Å². The van der Waals surface area contributed by atoms with Gasteiger partial charge >= 0.3 is 0 Å². The Morgan fingerprint density at radius 1 is 0.950 bits per heavy atom. The minimum Gasteiger partial charge on any atom is -0.361 e. The van der Waals surface area contributed by atoms with E-state index in [0.29, 0.717) is 0 Å². The zero-order valence-electron chi connectivity index (χ0n) is 11.5. The van der Waals surface area contributed by atoms with Gasteiger partial charge in [0, 0.05) is 18.1 Å². The molecule has 0 radical (unpaired) electrons. The molecule has 2 aromatic rings. The summed E-state index contributed by atoms with van der Waals surface area (Å²) < 4.78 is 0. The first-order valence-corrected chi connectivity index (χ1v) is 6.59. The fraction of sp³-hybridized carbons (Fsp3) is 0.0556. The lowest BCUT2D eigenvalue weighted by molar-refractivity contribution is 1.46. The number of anilines is 1. The number of hydrogen-bond donors (Lipinski definition) is 1. The van der Waals surface area contributed by atoms with Gasteiger partial charge in [0.25, 0.3) is 0 Å². The van der Waals surface area contributed by atoms with Crippen molar-refractivity contribution < 1.29 is 0 Å². The quantitative estimate of drug-likeness (QED) is 0.597. The van der Waals surface area contributed by atoms with Gasteiger partial charge in [0.05, 0.1) is 5.69 Å². The van der Waals surface area contributed by atoms with Gasteiger partial charge in [-0.2, -0.15) is 0 Å². The van der Waals surface area contributed by atoms with Crippen LogP contribution in [-0.2, 0) is 0 Å². The van der Waals surface area contributed by atoms with E-state index in [-0.39, 0.29) is 0 Å². The lowest BCUT2D eigenvalue weighted by Crippen LogP contribution is -1.87. The van der Waals surface area contributed by atoms with Crippen LogP contribution in [0.1, 0.15) is 6.92 Å². The lowest BCUT2D eigenvalue weighted by atomic mass is 10.3. The van der Waals surface area contributed by atoms with Crippen LogP contribution in [0.25, 0.3) is 0 Å². The summed E-state index contributed by atoms with van der Waals surface area (Å²) >= 11 is 0. The first kappa shape index (κ1) is 13.8. The number of benzene rings is 2. The molecule has 0 aliphatic heterocycles. The maximum atomic E-state index is 4.34. The standard InChI is InChI=1S/C18H18N2/c1-16(15-20-18-12-6-3-7-13-18)9-8-14-19-17-10-4-2-5-11-17/h2-15,20H,1H3/b9-8?,16-15+,19-14?. The molecule has 20 heavy (non-hydrogen) atoms. The van der Waals surface area contributed by atoms with Crippen molar-refractivity contribution in [2.75, 3.05) is 5.32 Å². The van der Waals surface area contributed by atoms with E-state index < -0.39 is 0 Å². The van der Waals surface area contributed by atoms with Gasteiger partial charge in [-0.15, -0.1) is 0 Å². The summed E-state index contributed by atoms with van der Waals surface area (Å²) in [5.74, 6) is 0. The Morgan fingerprint density at radius 2 is 1.60 bits per heavy atom. The van der Waals surface area contributed by atoms with E-state index in [4.69, 9.17) is 0 Å². The van der Waals surface area contributed by atoms with Gasteiger partial charge < -0.3 is 5.32 Å². The fourth-order valence-electron chi connectivity index (χ4n) is 1.62. The third-order valence-corrected chi connectivity index (χ3v) is 2.67. The van der Waals surface area contributed by atoms with E-state index in [9.17, 15) is 0 Å². The summed E-state index contributed by atoms with van der Waals surface area (Å²) in [7, 11) is 0. The lowest BCUT2D eigenvalue weighted by Gasteiger charge is -2.00. The smallest absolute Gasteiger partial charge is 0.0629 e. The highest BCUT2D eigenvalue weighted by molar-refractivity contribution is 5.75. The van der Waals surface area contributed by atoms with Gasteiger partial charge in [-0.1, -0.05) is 42.5 Å². The normalized spacial score (nSPS) is 12.2. The highest BCUT2D eigenvalue weighted by Gasteiger charge is 1.85. The molecule has 100 valence electrons. The number of allylic oxidation sites excluding steroid dienone is 3. The van der Waals surface area contributed by atoms with Crippen molar-refractivity contribution >= 4 is 17.6 Å². The van der Waals surface area contributed by atoms with Crippen molar-refractivity contribution in [2.24, 2.45) is 4.99 Å². The Morgan fingerprint density at radius 3 is 2.30 bits per heavy atom. The predicted molar refractivity (Wildman–Crippen MR) is 87.6 cm³/mol. The monoisotopic (exact) mass is 262 g/mol. The minimum atomic E-state index is 0.959. The Labute approximate surface area is 120 Å². The molecule has 0 fully saturated rings. The van der Waals surface area contributed by atoms with Gasteiger partial charge in [0.2, 0.25) is 0 Å². The topological polar surface area (TPSA) is 24.4 Å². The molecule has 0 aromatic heterocycles. The molecule has 2 rings (SSSR count). The second-order valence-electron chi connectivity index (χ2n) is 4.37. The van der Waals surface area contributed by atoms with E-state index in [2.05, 4.69) is 10.3 Å². The van der Waals surface area contributed by atoms with E-state index in [1.807, 2.05) is 85.9 Å². The molecule has 0 unspecified atom stereocenters. The van der Waals surface area contributed by atoms with E-state index in [1.165, 1.54) is 0 Å². The largest absolute Gasteiger partial charge is 0.361 e. The van der Waals surface area contributed by atoms with Crippen LogP contribution < -0.4 is 5.32 Å². The summed E-state index contributed by atoms with van der Waals surface area (Å²) in [5, 5.41) is 3.25. The number of rotatable bonds is 5. The average Bonchev–Trinajstić information content (AvgIpc) is 2.52. The molecule has 1 N–H and O–H groups in total. The van der Waals surface area contributed by atoms with Gasteiger partial charge in [-0.25, -0.2) is 0 Å². The molecule has 2 nitrogen and oxygen atoms in total. The number of nitrogens with zero attached hydrogens (tertiary/aromatic N) is 1. The van der Waals surface area contributed by atoms with Crippen molar-refractivity contribution in [1.29, 1.82) is 0 Å². The Kier molecular flexibility index (Phi) is 5.35. The Balaban J connectivity index is 1.86. The van der Waals surface area contributed by atoms with E-state index >= 15 is 0 Å². The van der Waals surface area contributed by atoms with Crippen LogP contribution in [0, 0.1) is 0 Å². The molecule has 2 aromatic carbocycles. The highest BCUT2D eigenvalue weighted by Crippen LogP contribution is 2.08. The van der Waals surface area contributed by atoms with E-state index in [0.717, 1.165) is 16.9 Å². The van der Waals surface area contributed by atoms with Crippen LogP contribution >= 0.6 is 0 Å². The van der Waals surface area contributed by atoms with Crippen LogP contribution in [0.3, 0.4) is 0 Å². The average molecular weight is 262 g/mol. The van der Waals surface area contributed by atoms with Crippen molar-refractivity contribution in [3.8, 4) is 0 Å². The van der Waals surface area contributed by atoms with Gasteiger partial charge in [-0.05, 0) is 42.8 Å². The Hall–Kier alpha value is -2.61. The summed E-state index contributed by atoms with van der Waals surface area (Å²) in [6.45, 7) is 2.04. The maximum absolute atomic E-state index is 4.34. The molecule has 0 heterocycles.